The zero-order valence-electron chi connectivity index (χ0n) is 8.64. The van der Waals surface area contributed by atoms with Crippen LogP contribution in [0.5, 0.6) is 0 Å². The smallest absolute Gasteiger partial charge is 0.350 e. The van der Waals surface area contributed by atoms with Crippen LogP contribution in [0.15, 0.2) is 0 Å². The molecule has 86 valence electrons. The lowest BCUT2D eigenvalue weighted by Crippen LogP contribution is -2.39. The van der Waals surface area contributed by atoms with Crippen LogP contribution < -0.4 is 5.90 Å². The number of carbonyl (C=O) groups excluding carboxylic acids is 2. The molecular formula is C8H13NO6. The molecule has 15 heavy (non-hydrogen) atoms. The van der Waals surface area contributed by atoms with Gasteiger partial charge in [0.25, 0.3) is 5.92 Å². The van der Waals surface area contributed by atoms with E-state index in [1.54, 1.807) is 0 Å². The van der Waals surface area contributed by atoms with E-state index in [1.807, 2.05) is 0 Å². The average Bonchev–Trinajstić information content (AvgIpc) is 1.99. The molecule has 0 aromatic rings. The summed E-state index contributed by atoms with van der Waals surface area (Å²) in [6.07, 6.45) is 0. The lowest BCUT2D eigenvalue weighted by molar-refractivity contribution is -0.175. The Kier molecular flexibility index (Phi) is 4.22. The molecule has 0 saturated carbocycles. The number of carboxylic acids is 1. The topological polar surface area (TPSA) is 116 Å². The third kappa shape index (κ3) is 4.41. The molecule has 3 N–H and O–H groups in total. The highest BCUT2D eigenvalue weighted by atomic mass is 16.7. The highest BCUT2D eigenvalue weighted by molar-refractivity contribution is 6.11. The van der Waals surface area contributed by atoms with Crippen molar-refractivity contribution < 1.29 is 29.1 Å². The molecule has 0 aromatic heterocycles. The molecule has 0 radical (unpaired) electrons. The molecule has 0 aliphatic carbocycles. The van der Waals surface area contributed by atoms with Gasteiger partial charge in [0.1, 0.15) is 5.60 Å². The fourth-order valence-corrected chi connectivity index (χ4v) is 0.727. The standard InChI is InChI=1S/C8H13NO6/c1-8(2,3)14-6(12)4(5(10)11)7(13)15-9/h4H,9H2,1-3H3,(H,10,11). The van der Waals surface area contributed by atoms with Gasteiger partial charge in [-0.2, -0.15) is 5.90 Å². The van der Waals surface area contributed by atoms with Crippen molar-refractivity contribution in [1.82, 2.24) is 0 Å². The molecule has 0 saturated heterocycles. The van der Waals surface area contributed by atoms with E-state index in [9.17, 15) is 14.4 Å². The zero-order valence-corrected chi connectivity index (χ0v) is 8.64. The number of esters is 1. The van der Waals surface area contributed by atoms with Crippen molar-refractivity contribution in [1.29, 1.82) is 0 Å². The summed E-state index contributed by atoms with van der Waals surface area (Å²) in [5.41, 5.74) is -0.889. The van der Waals surface area contributed by atoms with Gasteiger partial charge < -0.3 is 14.7 Å². The lowest BCUT2D eigenvalue weighted by Gasteiger charge is -2.21. The van der Waals surface area contributed by atoms with E-state index in [0.717, 1.165) is 0 Å². The van der Waals surface area contributed by atoms with Gasteiger partial charge in [0.15, 0.2) is 0 Å². The van der Waals surface area contributed by atoms with Crippen LogP contribution in [0.1, 0.15) is 20.8 Å². The Labute approximate surface area is 86.1 Å². The van der Waals surface area contributed by atoms with Crippen LogP contribution >= 0.6 is 0 Å². The Morgan fingerprint density at radius 3 is 1.93 bits per heavy atom. The molecule has 1 atom stereocenters. The first kappa shape index (κ1) is 13.4. The van der Waals surface area contributed by atoms with Crippen LogP contribution in [-0.2, 0) is 24.0 Å². The van der Waals surface area contributed by atoms with Crippen molar-refractivity contribution in [2.24, 2.45) is 11.8 Å². The van der Waals surface area contributed by atoms with Gasteiger partial charge in [-0.05, 0) is 20.8 Å². The van der Waals surface area contributed by atoms with E-state index in [4.69, 9.17) is 9.84 Å². The van der Waals surface area contributed by atoms with E-state index in [1.165, 1.54) is 20.8 Å². The molecule has 0 aliphatic rings. The summed E-state index contributed by atoms with van der Waals surface area (Å²) >= 11 is 0. The van der Waals surface area contributed by atoms with Crippen molar-refractivity contribution in [3.63, 3.8) is 0 Å². The highest BCUT2D eigenvalue weighted by Crippen LogP contribution is 2.12. The molecule has 7 nitrogen and oxygen atoms in total. The van der Waals surface area contributed by atoms with Crippen LogP contribution in [0.4, 0.5) is 0 Å². The van der Waals surface area contributed by atoms with Crippen molar-refractivity contribution in [2.45, 2.75) is 26.4 Å². The number of hydrogen-bond acceptors (Lipinski definition) is 6. The number of carbonyl (C=O) groups is 3. The quantitative estimate of drug-likeness (QED) is 0.371. The zero-order chi connectivity index (χ0) is 12.2. The first-order valence-electron chi connectivity index (χ1n) is 4.05. The number of ether oxygens (including phenoxy) is 1. The first-order valence-corrected chi connectivity index (χ1v) is 4.05. The second-order valence-electron chi connectivity index (χ2n) is 3.74. The molecule has 1 unspecified atom stereocenters. The molecule has 0 heterocycles. The highest BCUT2D eigenvalue weighted by Gasteiger charge is 2.39. The minimum Gasteiger partial charge on any atom is -0.480 e. The lowest BCUT2D eigenvalue weighted by atomic mass is 10.1. The summed E-state index contributed by atoms with van der Waals surface area (Å²) in [6, 6.07) is 0. The van der Waals surface area contributed by atoms with Crippen molar-refractivity contribution in [3.8, 4) is 0 Å². The van der Waals surface area contributed by atoms with Crippen LogP contribution in [-0.4, -0.2) is 28.6 Å². The molecular weight excluding hydrogens is 206 g/mol. The summed E-state index contributed by atoms with van der Waals surface area (Å²) in [5.74, 6) is -1.79. The molecule has 0 amide bonds. The molecule has 0 fully saturated rings. The molecule has 0 bridgehead atoms. The predicted molar refractivity (Wildman–Crippen MR) is 47.3 cm³/mol. The van der Waals surface area contributed by atoms with E-state index >= 15 is 0 Å². The second kappa shape index (κ2) is 4.74. The summed E-state index contributed by atoms with van der Waals surface area (Å²) in [5, 5.41) is 8.58. The SMILES string of the molecule is CC(C)(C)OC(=O)C(C(=O)O)C(=O)ON. The minimum atomic E-state index is -2.05. The first-order chi connectivity index (χ1) is 6.69. The number of carboxylic acid groups (broad SMARTS) is 1. The Bertz CT molecular complexity index is 279. The number of hydrogen-bond donors (Lipinski definition) is 2. The van der Waals surface area contributed by atoms with Crippen molar-refractivity contribution in [3.05, 3.63) is 0 Å². The van der Waals surface area contributed by atoms with Crippen LogP contribution in [0.3, 0.4) is 0 Å². The number of aliphatic carboxylic acids is 1. The summed E-state index contributed by atoms with van der Waals surface area (Å²) in [7, 11) is 0. The van der Waals surface area contributed by atoms with Gasteiger partial charge in [-0.3, -0.25) is 9.59 Å². The van der Waals surface area contributed by atoms with Gasteiger partial charge >= 0.3 is 17.9 Å². The maximum Gasteiger partial charge on any atom is 0.350 e. The van der Waals surface area contributed by atoms with E-state index in [0.29, 0.717) is 0 Å². The molecule has 0 rings (SSSR count). The van der Waals surface area contributed by atoms with E-state index in [2.05, 4.69) is 10.7 Å². The van der Waals surface area contributed by atoms with E-state index in [-0.39, 0.29) is 0 Å². The van der Waals surface area contributed by atoms with Crippen LogP contribution in [0.2, 0.25) is 0 Å². The Hall–Kier alpha value is -1.63. The van der Waals surface area contributed by atoms with E-state index < -0.39 is 29.4 Å². The fraction of sp³-hybridized carbons (Fsp3) is 0.625. The van der Waals surface area contributed by atoms with Gasteiger partial charge in [-0.15, -0.1) is 0 Å². The summed E-state index contributed by atoms with van der Waals surface area (Å²) < 4.78 is 4.71. The largest absolute Gasteiger partial charge is 0.480 e. The van der Waals surface area contributed by atoms with Crippen molar-refractivity contribution >= 4 is 17.9 Å². The van der Waals surface area contributed by atoms with Gasteiger partial charge in [-0.1, -0.05) is 0 Å². The van der Waals surface area contributed by atoms with Crippen LogP contribution in [0, 0.1) is 5.92 Å². The van der Waals surface area contributed by atoms with Gasteiger partial charge in [0.05, 0.1) is 0 Å². The molecule has 0 aliphatic heterocycles. The maximum absolute atomic E-state index is 11.2. The molecule has 0 aromatic carbocycles. The van der Waals surface area contributed by atoms with Crippen molar-refractivity contribution in [2.75, 3.05) is 0 Å². The second-order valence-corrected chi connectivity index (χ2v) is 3.74. The number of nitrogens with two attached hydrogens (primary N) is 1. The third-order valence-electron chi connectivity index (χ3n) is 1.24. The summed E-state index contributed by atoms with van der Waals surface area (Å²) in [4.78, 5) is 36.4. The summed E-state index contributed by atoms with van der Waals surface area (Å²) in [6.45, 7) is 4.62. The minimum absolute atomic E-state index is 0.889. The van der Waals surface area contributed by atoms with Gasteiger partial charge in [0, 0.05) is 0 Å². The number of rotatable bonds is 3. The fourth-order valence-electron chi connectivity index (χ4n) is 0.727. The third-order valence-corrected chi connectivity index (χ3v) is 1.24. The normalized spacial score (nSPS) is 12.8. The van der Waals surface area contributed by atoms with Gasteiger partial charge in [-0.25, -0.2) is 4.79 Å². The Morgan fingerprint density at radius 2 is 1.67 bits per heavy atom. The monoisotopic (exact) mass is 219 g/mol. The Morgan fingerprint density at radius 1 is 1.20 bits per heavy atom. The average molecular weight is 219 g/mol. The van der Waals surface area contributed by atoms with Crippen LogP contribution in [0.25, 0.3) is 0 Å². The molecule has 0 spiro atoms. The Balaban J connectivity index is 4.73. The predicted octanol–water partition coefficient (Wildman–Crippen LogP) is -0.554. The van der Waals surface area contributed by atoms with Gasteiger partial charge in [0.2, 0.25) is 0 Å². The maximum atomic E-state index is 11.2. The molecule has 7 heteroatoms.